The van der Waals surface area contributed by atoms with Crippen molar-refractivity contribution in [1.82, 2.24) is 0 Å². The molecule has 6 heteroatoms. The number of hydrogen-bond donors (Lipinski definition) is 0. The van der Waals surface area contributed by atoms with Gasteiger partial charge in [0, 0.05) is 5.02 Å². The molecule has 0 aliphatic carbocycles. The van der Waals surface area contributed by atoms with Gasteiger partial charge in [0.05, 0.1) is 11.4 Å². The normalized spacial score (nSPS) is 15.7. The van der Waals surface area contributed by atoms with Crippen LogP contribution in [0.4, 0.5) is 0 Å². The molecule has 1 aromatic carbocycles. The number of hydrogen-bond acceptors (Lipinski definition) is 4. The van der Waals surface area contributed by atoms with Crippen molar-refractivity contribution in [3.05, 3.63) is 29.3 Å². The third kappa shape index (κ3) is 2.54. The molecule has 0 spiro atoms. The number of nitrogens with zero attached hydrogens (tertiary/aromatic N) is 1. The molecule has 0 saturated heterocycles. The molecule has 0 aromatic heterocycles. The minimum atomic E-state index is -3.37. The van der Waals surface area contributed by atoms with Gasteiger partial charge in [0.1, 0.15) is 12.4 Å². The molecule has 1 aromatic rings. The minimum absolute atomic E-state index is 0.186. The highest BCUT2D eigenvalue weighted by atomic mass is 35.5. The van der Waals surface area contributed by atoms with Crippen LogP contribution in [0.3, 0.4) is 0 Å². The number of rotatable bonds is 3. The van der Waals surface area contributed by atoms with Crippen LogP contribution < -0.4 is 0 Å². The van der Waals surface area contributed by atoms with Crippen LogP contribution in [0.15, 0.2) is 34.2 Å². The molecule has 0 bridgehead atoms. The molecule has 2 rings (SSSR count). The van der Waals surface area contributed by atoms with Crippen molar-refractivity contribution in [2.75, 3.05) is 18.9 Å². The Kier molecular flexibility index (Phi) is 3.16. The van der Waals surface area contributed by atoms with Crippen LogP contribution in [0.1, 0.15) is 0 Å². The molecule has 86 valence electrons. The number of aliphatic imine (C=N–C) groups is 1. The summed E-state index contributed by atoms with van der Waals surface area (Å²) in [6.07, 6.45) is 0. The zero-order chi connectivity index (χ0) is 11.6. The van der Waals surface area contributed by atoms with E-state index in [1.807, 2.05) is 0 Å². The van der Waals surface area contributed by atoms with Crippen LogP contribution in [0.5, 0.6) is 0 Å². The van der Waals surface area contributed by atoms with Crippen LogP contribution in [0.25, 0.3) is 0 Å². The number of benzene rings is 1. The molecule has 0 unspecified atom stereocenters. The smallest absolute Gasteiger partial charge is 0.199 e. The van der Waals surface area contributed by atoms with E-state index in [0.717, 1.165) is 0 Å². The Balaban J connectivity index is 2.21. The Morgan fingerprint density at radius 1 is 1.31 bits per heavy atom. The summed E-state index contributed by atoms with van der Waals surface area (Å²) in [6.45, 7) is 0.997. The van der Waals surface area contributed by atoms with Crippen molar-refractivity contribution in [2.24, 2.45) is 4.99 Å². The molecular weight excluding hydrogens is 250 g/mol. The first-order valence-electron chi connectivity index (χ1n) is 4.72. The average Bonchev–Trinajstić information content (AvgIpc) is 2.70. The Morgan fingerprint density at radius 2 is 2.00 bits per heavy atom. The largest absolute Gasteiger partial charge is 0.478 e. The zero-order valence-electron chi connectivity index (χ0n) is 8.39. The average molecular weight is 260 g/mol. The second-order valence-electron chi connectivity index (χ2n) is 3.34. The molecule has 16 heavy (non-hydrogen) atoms. The van der Waals surface area contributed by atoms with Crippen molar-refractivity contribution >= 4 is 27.3 Å². The molecule has 0 radical (unpaired) electrons. The first kappa shape index (κ1) is 11.4. The third-order valence-corrected chi connectivity index (χ3v) is 4.00. The van der Waals surface area contributed by atoms with Gasteiger partial charge in [0.2, 0.25) is 0 Å². The molecule has 1 aliphatic rings. The van der Waals surface area contributed by atoms with E-state index in [1.54, 1.807) is 12.1 Å². The number of halogens is 1. The lowest BCUT2D eigenvalue weighted by Crippen LogP contribution is -2.16. The fraction of sp³-hybridized carbons (Fsp3) is 0.300. The van der Waals surface area contributed by atoms with Crippen LogP contribution >= 0.6 is 11.6 Å². The standard InChI is InChI=1S/C10H10ClNO3S/c11-8-1-3-9(4-2-8)16(13,14)7-10-12-5-6-15-10/h1-4H,5-7H2. The van der Waals surface area contributed by atoms with Crippen molar-refractivity contribution < 1.29 is 13.2 Å². The maximum Gasteiger partial charge on any atom is 0.199 e. The van der Waals surface area contributed by atoms with E-state index in [0.29, 0.717) is 18.2 Å². The summed E-state index contributed by atoms with van der Waals surface area (Å²) in [7, 11) is -3.37. The SMILES string of the molecule is O=S(=O)(CC1=NCCO1)c1ccc(Cl)cc1. The van der Waals surface area contributed by atoms with Crippen molar-refractivity contribution in [3.63, 3.8) is 0 Å². The topological polar surface area (TPSA) is 55.7 Å². The Labute approximate surface area is 98.8 Å². The predicted molar refractivity (Wildman–Crippen MR) is 61.8 cm³/mol. The van der Waals surface area contributed by atoms with Crippen molar-refractivity contribution in [2.45, 2.75) is 4.90 Å². The quantitative estimate of drug-likeness (QED) is 0.827. The fourth-order valence-electron chi connectivity index (χ4n) is 1.35. The molecule has 0 fully saturated rings. The summed E-state index contributed by atoms with van der Waals surface area (Å²) in [5.74, 6) is 0.101. The lowest BCUT2D eigenvalue weighted by atomic mass is 10.4. The highest BCUT2D eigenvalue weighted by Gasteiger charge is 2.20. The monoisotopic (exact) mass is 259 g/mol. The van der Waals surface area contributed by atoms with Gasteiger partial charge >= 0.3 is 0 Å². The van der Waals surface area contributed by atoms with E-state index >= 15 is 0 Å². The van der Waals surface area contributed by atoms with E-state index in [9.17, 15) is 8.42 Å². The van der Waals surface area contributed by atoms with Gasteiger partial charge in [-0.3, -0.25) is 4.99 Å². The first-order valence-corrected chi connectivity index (χ1v) is 6.75. The third-order valence-electron chi connectivity index (χ3n) is 2.13. The van der Waals surface area contributed by atoms with Gasteiger partial charge in [-0.05, 0) is 24.3 Å². The molecule has 0 saturated carbocycles. The molecule has 0 N–H and O–H groups in total. The number of sulfone groups is 1. The molecule has 0 amide bonds. The maximum absolute atomic E-state index is 11.9. The van der Waals surface area contributed by atoms with Gasteiger partial charge in [0.25, 0.3) is 0 Å². The Morgan fingerprint density at radius 3 is 2.56 bits per heavy atom. The lowest BCUT2D eigenvalue weighted by molar-refractivity contribution is 0.345. The highest BCUT2D eigenvalue weighted by Crippen LogP contribution is 2.16. The molecule has 4 nitrogen and oxygen atoms in total. The summed E-state index contributed by atoms with van der Waals surface area (Å²) in [5, 5.41) is 0.508. The maximum atomic E-state index is 11.9. The predicted octanol–water partition coefficient (Wildman–Crippen LogP) is 1.54. The van der Waals surface area contributed by atoms with Gasteiger partial charge in [-0.2, -0.15) is 0 Å². The second kappa shape index (κ2) is 4.43. The molecule has 0 atom stereocenters. The van der Waals surface area contributed by atoms with Crippen LogP contribution in [0.2, 0.25) is 5.02 Å². The summed E-state index contributed by atoms with van der Waals surface area (Å²) >= 11 is 5.69. The second-order valence-corrected chi connectivity index (χ2v) is 5.76. The van der Waals surface area contributed by atoms with Gasteiger partial charge in [0.15, 0.2) is 15.7 Å². The summed E-state index contributed by atoms with van der Waals surface area (Å²) in [6, 6.07) is 6.05. The van der Waals surface area contributed by atoms with Crippen molar-refractivity contribution in [1.29, 1.82) is 0 Å². The highest BCUT2D eigenvalue weighted by molar-refractivity contribution is 7.92. The molecular formula is C10H10ClNO3S. The number of ether oxygens (including phenoxy) is 1. The van der Waals surface area contributed by atoms with E-state index in [2.05, 4.69) is 4.99 Å². The Bertz CT molecular complexity index is 507. The summed E-state index contributed by atoms with van der Waals surface area (Å²) < 4.78 is 28.9. The van der Waals surface area contributed by atoms with E-state index in [-0.39, 0.29) is 16.5 Å². The summed E-state index contributed by atoms with van der Waals surface area (Å²) in [5.41, 5.74) is 0. The van der Waals surface area contributed by atoms with Crippen LogP contribution in [-0.2, 0) is 14.6 Å². The summed E-state index contributed by atoms with van der Waals surface area (Å²) in [4.78, 5) is 4.18. The first-order chi connectivity index (χ1) is 7.58. The van der Waals surface area contributed by atoms with Gasteiger partial charge < -0.3 is 4.74 Å². The van der Waals surface area contributed by atoms with Crippen molar-refractivity contribution in [3.8, 4) is 0 Å². The van der Waals surface area contributed by atoms with E-state index in [4.69, 9.17) is 16.3 Å². The molecule has 1 aliphatic heterocycles. The van der Waals surface area contributed by atoms with Gasteiger partial charge in [-0.25, -0.2) is 8.42 Å². The molecule has 1 heterocycles. The lowest BCUT2D eigenvalue weighted by Gasteiger charge is -2.04. The zero-order valence-corrected chi connectivity index (χ0v) is 9.96. The fourth-order valence-corrected chi connectivity index (χ4v) is 2.70. The minimum Gasteiger partial charge on any atom is -0.478 e. The van der Waals surface area contributed by atoms with Crippen LogP contribution in [0, 0.1) is 0 Å². The van der Waals surface area contributed by atoms with Crippen LogP contribution in [-0.4, -0.2) is 33.2 Å². The van der Waals surface area contributed by atoms with Gasteiger partial charge in [-0.1, -0.05) is 11.6 Å². The van der Waals surface area contributed by atoms with Gasteiger partial charge in [-0.15, -0.1) is 0 Å². The Hall–Kier alpha value is -1.07. The van der Waals surface area contributed by atoms with E-state index in [1.165, 1.54) is 12.1 Å². The van der Waals surface area contributed by atoms with E-state index < -0.39 is 9.84 Å².